The largest absolute Gasteiger partial charge is 0.456 e. The molecule has 0 aromatic carbocycles. The Morgan fingerprint density at radius 2 is 1.90 bits per heavy atom. The van der Waals surface area contributed by atoms with Crippen LogP contribution in [-0.2, 0) is 14.3 Å². The summed E-state index contributed by atoms with van der Waals surface area (Å²) in [6.07, 6.45) is 6.15. The number of allylic oxidation sites excluding steroid dienone is 2. The molecule has 1 fully saturated rings. The summed E-state index contributed by atoms with van der Waals surface area (Å²) >= 11 is 0. The standard InChI is InChI=1S/C24H38O5/c1-14(2)16-9-8-15(3)17-12-19-23(7,26)10-11-24(27,29-19)20(13-18(16)17)28-21(25)22(4,5)6/h8,10-11,14,16-20,26-27H,9,12-13H2,1-7H3/t16-,17+,18-,19+,20-,23+,24?/m1/s1. The second-order valence-electron chi connectivity index (χ2n) is 10.9. The summed E-state index contributed by atoms with van der Waals surface area (Å²) in [7, 11) is 0. The van der Waals surface area contributed by atoms with Crippen molar-refractivity contribution in [2.45, 2.75) is 91.3 Å². The molecule has 1 unspecified atom stereocenters. The zero-order valence-corrected chi connectivity index (χ0v) is 18.9. The van der Waals surface area contributed by atoms with Crippen molar-refractivity contribution in [2.24, 2.45) is 29.1 Å². The lowest BCUT2D eigenvalue weighted by Crippen LogP contribution is -2.59. The molecule has 164 valence electrons. The second kappa shape index (κ2) is 7.51. The van der Waals surface area contributed by atoms with E-state index in [0.29, 0.717) is 24.7 Å². The van der Waals surface area contributed by atoms with E-state index in [2.05, 4.69) is 26.8 Å². The van der Waals surface area contributed by atoms with E-state index in [1.807, 2.05) is 0 Å². The maximum Gasteiger partial charge on any atom is 0.311 e. The molecule has 0 amide bonds. The van der Waals surface area contributed by atoms with Gasteiger partial charge in [-0.15, -0.1) is 0 Å². The van der Waals surface area contributed by atoms with E-state index in [1.54, 1.807) is 33.8 Å². The van der Waals surface area contributed by atoms with Crippen molar-refractivity contribution >= 4 is 5.97 Å². The van der Waals surface area contributed by atoms with E-state index in [-0.39, 0.29) is 17.8 Å². The molecule has 5 nitrogen and oxygen atoms in total. The van der Waals surface area contributed by atoms with Gasteiger partial charge in [0.15, 0.2) is 6.10 Å². The molecule has 0 saturated carbocycles. The Morgan fingerprint density at radius 1 is 1.24 bits per heavy atom. The second-order valence-corrected chi connectivity index (χ2v) is 10.9. The molecule has 0 spiro atoms. The quantitative estimate of drug-likeness (QED) is 0.536. The highest BCUT2D eigenvalue weighted by atomic mass is 16.7. The van der Waals surface area contributed by atoms with E-state index in [1.165, 1.54) is 11.6 Å². The third-order valence-electron chi connectivity index (χ3n) is 7.14. The summed E-state index contributed by atoms with van der Waals surface area (Å²) in [5.74, 6) is -0.719. The van der Waals surface area contributed by atoms with Crippen LogP contribution in [0.5, 0.6) is 0 Å². The predicted octanol–water partition coefficient (Wildman–Crippen LogP) is 3.99. The molecular weight excluding hydrogens is 368 g/mol. The van der Waals surface area contributed by atoms with Gasteiger partial charge < -0.3 is 19.7 Å². The summed E-state index contributed by atoms with van der Waals surface area (Å²) < 4.78 is 12.0. The summed E-state index contributed by atoms with van der Waals surface area (Å²) in [5.41, 5.74) is -0.564. The van der Waals surface area contributed by atoms with Crippen molar-refractivity contribution < 1.29 is 24.5 Å². The molecular formula is C24H38O5. The van der Waals surface area contributed by atoms with Crippen LogP contribution >= 0.6 is 0 Å². The fourth-order valence-electron chi connectivity index (χ4n) is 5.09. The average Bonchev–Trinajstić information content (AvgIpc) is 2.58. The number of aliphatic hydroxyl groups is 2. The van der Waals surface area contributed by atoms with Crippen LogP contribution in [0.15, 0.2) is 23.8 Å². The molecule has 0 aromatic rings. The van der Waals surface area contributed by atoms with Crippen LogP contribution in [0.4, 0.5) is 0 Å². The van der Waals surface area contributed by atoms with Gasteiger partial charge in [-0.3, -0.25) is 4.79 Å². The van der Waals surface area contributed by atoms with Gasteiger partial charge in [0.05, 0.1) is 11.5 Å². The number of ether oxygens (including phenoxy) is 2. The SMILES string of the molecule is CC1=CC[C@H](C(C)C)[C@H]2C[C@@H](OC(=O)C(C)(C)C)C3(O)C=C[C@](C)(O)[C@H](C[C@@H]12)O3. The minimum Gasteiger partial charge on any atom is -0.456 e. The summed E-state index contributed by atoms with van der Waals surface area (Å²) in [4.78, 5) is 12.7. The molecule has 3 aliphatic rings. The third-order valence-corrected chi connectivity index (χ3v) is 7.14. The zero-order valence-electron chi connectivity index (χ0n) is 18.9. The highest BCUT2D eigenvalue weighted by Gasteiger charge is 2.54. The maximum atomic E-state index is 12.7. The lowest BCUT2D eigenvalue weighted by Gasteiger charge is -2.51. The van der Waals surface area contributed by atoms with Crippen molar-refractivity contribution in [3.63, 3.8) is 0 Å². The number of carbonyl (C=O) groups is 1. The normalized spacial score (nSPS) is 42.6. The highest BCUT2D eigenvalue weighted by molar-refractivity contribution is 5.75. The number of fused-ring (bicyclic) bond motifs is 3. The summed E-state index contributed by atoms with van der Waals surface area (Å²) in [6, 6.07) is 0. The Morgan fingerprint density at radius 3 is 2.48 bits per heavy atom. The van der Waals surface area contributed by atoms with E-state index >= 15 is 0 Å². The number of rotatable bonds is 2. The highest BCUT2D eigenvalue weighted by Crippen LogP contribution is 2.49. The molecule has 0 aromatic heterocycles. The van der Waals surface area contributed by atoms with Gasteiger partial charge in [-0.25, -0.2) is 0 Å². The molecule has 29 heavy (non-hydrogen) atoms. The lowest BCUT2D eigenvalue weighted by molar-refractivity contribution is -0.295. The van der Waals surface area contributed by atoms with Crippen LogP contribution in [0.1, 0.15) is 67.7 Å². The van der Waals surface area contributed by atoms with Gasteiger partial charge in [-0.05, 0) is 89.7 Å². The fourth-order valence-corrected chi connectivity index (χ4v) is 5.09. The molecule has 2 heterocycles. The van der Waals surface area contributed by atoms with Gasteiger partial charge in [-0.1, -0.05) is 25.5 Å². The van der Waals surface area contributed by atoms with Crippen molar-refractivity contribution in [3.8, 4) is 0 Å². The third kappa shape index (κ3) is 4.33. The fraction of sp³-hybridized carbons (Fsp3) is 0.792. The smallest absolute Gasteiger partial charge is 0.311 e. The first-order valence-electron chi connectivity index (χ1n) is 11.0. The van der Waals surface area contributed by atoms with Crippen molar-refractivity contribution in [3.05, 3.63) is 23.8 Å². The molecule has 1 saturated heterocycles. The topological polar surface area (TPSA) is 76.0 Å². The minimum atomic E-state index is -1.73. The van der Waals surface area contributed by atoms with Crippen molar-refractivity contribution in [2.75, 3.05) is 0 Å². The molecule has 2 bridgehead atoms. The van der Waals surface area contributed by atoms with Crippen LogP contribution in [-0.4, -0.2) is 39.8 Å². The van der Waals surface area contributed by atoms with E-state index in [4.69, 9.17) is 9.47 Å². The Balaban J connectivity index is 2.05. The Labute approximate surface area is 175 Å². The molecule has 5 heteroatoms. The Kier molecular flexibility index (Phi) is 5.83. The van der Waals surface area contributed by atoms with E-state index in [9.17, 15) is 15.0 Å². The van der Waals surface area contributed by atoms with Crippen LogP contribution < -0.4 is 0 Å². The first-order valence-corrected chi connectivity index (χ1v) is 11.0. The van der Waals surface area contributed by atoms with Gasteiger partial charge in [-0.2, -0.15) is 0 Å². The molecule has 2 aliphatic heterocycles. The molecule has 1 aliphatic carbocycles. The lowest BCUT2D eigenvalue weighted by atomic mass is 9.62. The van der Waals surface area contributed by atoms with Gasteiger partial charge in [0.2, 0.25) is 5.79 Å². The summed E-state index contributed by atoms with van der Waals surface area (Å²) in [6.45, 7) is 13.7. The zero-order chi connectivity index (χ0) is 21.8. The number of hydrogen-bond donors (Lipinski definition) is 2. The number of carbonyl (C=O) groups excluding carboxylic acids is 1. The van der Waals surface area contributed by atoms with Gasteiger partial charge >= 0.3 is 5.97 Å². The summed E-state index contributed by atoms with van der Waals surface area (Å²) in [5, 5.41) is 22.3. The maximum absolute atomic E-state index is 12.7. The first kappa shape index (κ1) is 22.5. The van der Waals surface area contributed by atoms with Crippen molar-refractivity contribution in [1.82, 2.24) is 0 Å². The molecule has 7 atom stereocenters. The minimum absolute atomic E-state index is 0.222. The van der Waals surface area contributed by atoms with Crippen LogP contribution in [0.25, 0.3) is 0 Å². The van der Waals surface area contributed by atoms with Gasteiger partial charge in [0.1, 0.15) is 5.60 Å². The molecule has 3 rings (SSSR count). The first-order chi connectivity index (χ1) is 13.2. The average molecular weight is 407 g/mol. The van der Waals surface area contributed by atoms with Gasteiger partial charge in [0.25, 0.3) is 0 Å². The monoisotopic (exact) mass is 406 g/mol. The Hall–Kier alpha value is -1.17. The Bertz CT molecular complexity index is 699. The van der Waals surface area contributed by atoms with Crippen LogP contribution in [0, 0.1) is 29.1 Å². The molecule has 0 radical (unpaired) electrons. The van der Waals surface area contributed by atoms with Crippen LogP contribution in [0.2, 0.25) is 0 Å². The van der Waals surface area contributed by atoms with E-state index in [0.717, 1.165) is 6.42 Å². The van der Waals surface area contributed by atoms with Crippen LogP contribution in [0.3, 0.4) is 0 Å². The molecule has 2 N–H and O–H groups in total. The van der Waals surface area contributed by atoms with E-state index < -0.39 is 29.0 Å². The predicted molar refractivity (Wildman–Crippen MR) is 112 cm³/mol. The van der Waals surface area contributed by atoms with Gasteiger partial charge in [0, 0.05) is 0 Å². The number of esters is 1. The number of hydrogen-bond acceptors (Lipinski definition) is 5. The van der Waals surface area contributed by atoms with Crippen molar-refractivity contribution in [1.29, 1.82) is 0 Å².